The number of hydrogen-bond donors (Lipinski definition) is 0. The smallest absolute Gasteiger partial charge is 0.158 e. The van der Waals surface area contributed by atoms with Crippen LogP contribution in [0.4, 0.5) is 0 Å². The molecule has 0 unspecified atom stereocenters. The Morgan fingerprint density at radius 1 is 0.900 bits per heavy atom. The predicted octanol–water partition coefficient (Wildman–Crippen LogP) is 5.39. The van der Waals surface area contributed by atoms with E-state index in [0.29, 0.717) is 36.6 Å². The van der Waals surface area contributed by atoms with Gasteiger partial charge in [0.05, 0.1) is 49.3 Å². The summed E-state index contributed by atoms with van der Waals surface area (Å²) in [6.07, 6.45) is 3.10. The monoisotopic (exact) mass is 591 g/mol. The summed E-state index contributed by atoms with van der Waals surface area (Å²) in [7, 11) is 4.01. The molecule has 2 rings (SSSR count). The van der Waals surface area contributed by atoms with Crippen LogP contribution in [0.25, 0.3) is 0 Å². The number of thioether (sulfide) groups is 1. The van der Waals surface area contributed by atoms with Gasteiger partial charge in [-0.2, -0.15) is 11.8 Å². The van der Waals surface area contributed by atoms with Crippen molar-refractivity contribution in [3.05, 3.63) is 0 Å². The van der Waals surface area contributed by atoms with Crippen molar-refractivity contribution in [2.75, 3.05) is 39.6 Å². The summed E-state index contributed by atoms with van der Waals surface area (Å²) in [6.45, 7) is 22.2. The minimum absolute atomic E-state index is 0.0577. The molecule has 2 heterocycles. The fourth-order valence-electron chi connectivity index (χ4n) is 4.74. The van der Waals surface area contributed by atoms with E-state index in [0.717, 1.165) is 25.1 Å². The largest absolute Gasteiger partial charge is 0.376 e. The lowest BCUT2D eigenvalue weighted by molar-refractivity contribution is -0.132. The van der Waals surface area contributed by atoms with Gasteiger partial charge in [-0.3, -0.25) is 4.79 Å². The van der Waals surface area contributed by atoms with Gasteiger partial charge in [0.1, 0.15) is 24.9 Å². The summed E-state index contributed by atoms with van der Waals surface area (Å²) in [5.41, 5.74) is 0. The highest BCUT2D eigenvalue weighted by atomic mass is 32.2. The molecule has 2 fully saturated rings. The number of carbonyl (C=O) groups is 1. The normalized spacial score (nSPS) is 28.8. The van der Waals surface area contributed by atoms with Gasteiger partial charge in [-0.05, 0) is 87.7 Å². The summed E-state index contributed by atoms with van der Waals surface area (Å²) >= 11 is 1.96. The summed E-state index contributed by atoms with van der Waals surface area (Å²) in [6, 6.07) is 0. The summed E-state index contributed by atoms with van der Waals surface area (Å²) in [5, 5.41) is 0.671. The molecule has 0 N–H and O–H groups in total. The van der Waals surface area contributed by atoms with E-state index in [1.165, 1.54) is 0 Å². The molecular weight excluding hydrogens is 530 g/mol. The fourth-order valence-corrected chi connectivity index (χ4v) is 5.61. The number of carbonyl (C=O) groups excluding carboxylic acids is 1. The van der Waals surface area contributed by atoms with E-state index in [1.54, 1.807) is 0 Å². The van der Waals surface area contributed by atoms with E-state index >= 15 is 0 Å². The van der Waals surface area contributed by atoms with Crippen LogP contribution in [0.3, 0.4) is 0 Å². The molecule has 0 spiro atoms. The molecule has 40 heavy (non-hydrogen) atoms. The van der Waals surface area contributed by atoms with E-state index in [4.69, 9.17) is 28.4 Å². The maximum absolute atomic E-state index is 12.1. The Morgan fingerprint density at radius 3 is 2.10 bits per heavy atom. The first-order valence-electron chi connectivity index (χ1n) is 15.3. The molecule has 7 atom stereocenters. The van der Waals surface area contributed by atoms with Gasteiger partial charge in [0.25, 0.3) is 0 Å². The maximum atomic E-state index is 12.1. The Bertz CT molecular complexity index is 676. The number of rotatable bonds is 17. The lowest BCUT2D eigenvalue weighted by Gasteiger charge is -2.26. The van der Waals surface area contributed by atoms with E-state index in [2.05, 4.69) is 39.5 Å². The van der Waals surface area contributed by atoms with Gasteiger partial charge >= 0.3 is 0 Å². The predicted molar refractivity (Wildman–Crippen MR) is 165 cm³/mol. The molecule has 0 amide bonds. The van der Waals surface area contributed by atoms with Crippen LogP contribution in [0.15, 0.2) is 0 Å². The van der Waals surface area contributed by atoms with Crippen molar-refractivity contribution in [3.63, 3.8) is 0 Å². The summed E-state index contributed by atoms with van der Waals surface area (Å²) in [5.74, 6) is 1.18. The van der Waals surface area contributed by atoms with Crippen LogP contribution in [0.5, 0.6) is 0 Å². The first-order chi connectivity index (χ1) is 18.7. The lowest BCUT2D eigenvalue weighted by atomic mass is 10.1. The molecule has 0 aromatic rings. The van der Waals surface area contributed by atoms with Crippen molar-refractivity contribution in [2.24, 2.45) is 0 Å². The molecule has 0 radical (unpaired) electrons. The first kappa shape index (κ1) is 37.8. The van der Waals surface area contributed by atoms with Crippen LogP contribution in [-0.4, -0.2) is 117 Å². The van der Waals surface area contributed by atoms with Crippen molar-refractivity contribution in [2.45, 2.75) is 155 Å². The third-order valence-electron chi connectivity index (χ3n) is 6.49. The average molecular weight is 592 g/mol. The maximum Gasteiger partial charge on any atom is 0.158 e. The second-order valence-electron chi connectivity index (χ2n) is 12.5. The van der Waals surface area contributed by atoms with Crippen LogP contribution in [-0.2, 0) is 33.2 Å². The standard InChI is InChI=1S/C19H37NO5.C12H24O2S/c1-13(2)22-12-17-19(24-14(3)4)18(15(5)25-17)23-11-16(21)9-8-10-20(6)7;1-8(2)13-11-6-10(5)14-12(11)7-15-9(3)4/h13-15,17-19H,8-12H2,1-7H3;8-12H,6-7H2,1-5H3/t15-,17+,18-,19+;10-,11-,12+/m00/s1. The van der Waals surface area contributed by atoms with Crippen LogP contribution in [0.2, 0.25) is 0 Å². The zero-order valence-corrected chi connectivity index (χ0v) is 28.3. The Kier molecular flexibility index (Phi) is 18.7. The van der Waals surface area contributed by atoms with Crippen molar-refractivity contribution in [1.82, 2.24) is 4.90 Å². The minimum Gasteiger partial charge on any atom is -0.376 e. The molecule has 2 aliphatic rings. The molecule has 8 nitrogen and oxygen atoms in total. The topological polar surface area (TPSA) is 75.7 Å². The van der Waals surface area contributed by atoms with Crippen molar-refractivity contribution in [3.8, 4) is 0 Å². The Morgan fingerprint density at radius 2 is 1.55 bits per heavy atom. The number of hydrogen-bond acceptors (Lipinski definition) is 9. The zero-order chi connectivity index (χ0) is 30.4. The highest BCUT2D eigenvalue weighted by molar-refractivity contribution is 7.99. The Hall–Kier alpha value is -0.260. The lowest BCUT2D eigenvalue weighted by Crippen LogP contribution is -2.41. The minimum atomic E-state index is -0.249. The van der Waals surface area contributed by atoms with Crippen LogP contribution >= 0.6 is 11.8 Å². The average Bonchev–Trinajstić information content (AvgIpc) is 3.31. The van der Waals surface area contributed by atoms with Gasteiger partial charge in [0.2, 0.25) is 0 Å². The quantitative estimate of drug-likeness (QED) is 0.221. The number of ether oxygens (including phenoxy) is 6. The molecule has 0 aliphatic carbocycles. The highest BCUT2D eigenvalue weighted by Crippen LogP contribution is 2.29. The van der Waals surface area contributed by atoms with E-state index in [9.17, 15) is 4.79 Å². The first-order valence-corrected chi connectivity index (χ1v) is 16.4. The van der Waals surface area contributed by atoms with Gasteiger partial charge < -0.3 is 33.3 Å². The van der Waals surface area contributed by atoms with E-state index in [1.807, 2.05) is 60.5 Å². The van der Waals surface area contributed by atoms with Gasteiger partial charge in [-0.25, -0.2) is 0 Å². The van der Waals surface area contributed by atoms with Crippen molar-refractivity contribution < 1.29 is 33.2 Å². The molecule has 0 aromatic heterocycles. The van der Waals surface area contributed by atoms with Gasteiger partial charge in [-0.15, -0.1) is 0 Å². The molecular formula is C31H61NO7S. The van der Waals surface area contributed by atoms with Crippen molar-refractivity contribution in [1.29, 1.82) is 0 Å². The highest BCUT2D eigenvalue weighted by Gasteiger charge is 2.45. The van der Waals surface area contributed by atoms with Crippen LogP contribution in [0, 0.1) is 0 Å². The van der Waals surface area contributed by atoms with Gasteiger partial charge in [-0.1, -0.05) is 13.8 Å². The summed E-state index contributed by atoms with van der Waals surface area (Å²) in [4.78, 5) is 14.1. The molecule has 0 saturated carbocycles. The van der Waals surface area contributed by atoms with Crippen molar-refractivity contribution >= 4 is 17.5 Å². The molecule has 2 aliphatic heterocycles. The molecule has 2 saturated heterocycles. The second-order valence-corrected chi connectivity index (χ2v) is 14.1. The third-order valence-corrected chi connectivity index (χ3v) is 7.68. The molecule has 0 aromatic carbocycles. The zero-order valence-electron chi connectivity index (χ0n) is 27.5. The number of nitrogens with zero attached hydrogens (tertiary/aromatic N) is 1. The van der Waals surface area contributed by atoms with E-state index in [-0.39, 0.29) is 55.1 Å². The Labute approximate surface area is 249 Å². The molecule has 9 heteroatoms. The van der Waals surface area contributed by atoms with Crippen LogP contribution in [0.1, 0.15) is 88.5 Å². The molecule has 0 bridgehead atoms. The molecule has 238 valence electrons. The summed E-state index contributed by atoms with van der Waals surface area (Å²) < 4.78 is 35.4. The van der Waals surface area contributed by atoms with E-state index < -0.39 is 0 Å². The van der Waals surface area contributed by atoms with Gasteiger partial charge in [0.15, 0.2) is 5.78 Å². The third kappa shape index (κ3) is 15.8. The van der Waals surface area contributed by atoms with Gasteiger partial charge in [0, 0.05) is 18.6 Å². The number of Topliss-reactive ketones (excluding diaryl/α,β-unsaturated/α-hetero) is 1. The fraction of sp³-hybridized carbons (Fsp3) is 0.968. The number of ketones is 1. The Balaban J connectivity index is 0.000000453. The second kappa shape index (κ2) is 19.8. The van der Waals surface area contributed by atoms with Crippen LogP contribution < -0.4 is 0 Å². The SMILES string of the molecule is CC(C)OC[C@H]1O[C@@H](C)[C@H](OCC(=O)CCCN(C)C)[C@@H]1OC(C)C.CC(C)O[C@H]1C[C@H](C)O[C@@H]1CSC(C)C.